The highest BCUT2D eigenvalue weighted by Gasteiger charge is 2.23. The van der Waals surface area contributed by atoms with Gasteiger partial charge in [0.2, 0.25) is 5.91 Å². The van der Waals surface area contributed by atoms with Crippen molar-refractivity contribution in [1.29, 1.82) is 0 Å². The number of anilines is 1. The Morgan fingerprint density at radius 1 is 1.18 bits per heavy atom. The Labute approximate surface area is 168 Å². The van der Waals surface area contributed by atoms with Crippen LogP contribution in [0.2, 0.25) is 0 Å². The second-order valence-corrected chi connectivity index (χ2v) is 8.17. The summed E-state index contributed by atoms with van der Waals surface area (Å²) in [6, 6.07) is 16.5. The van der Waals surface area contributed by atoms with E-state index in [2.05, 4.69) is 47.0 Å². The number of thiazole rings is 1. The molecule has 1 aliphatic rings. The molecule has 1 aliphatic heterocycles. The lowest BCUT2D eigenvalue weighted by atomic mass is 9.99. The Hall–Kier alpha value is -2.92. The molecule has 140 valence electrons. The number of benzene rings is 2. The monoisotopic (exact) mass is 387 g/mol. The standard InChI is InChI=1S/C23H21N3OS/c1-16-9-10-21-18(12-16)8-5-11-25(21)22(27)13-19-15-28-23-24-20(14-26(19)23)17-6-3-2-4-7-17/h2-4,6-7,9-10,12,14-15H,5,8,11,13H2,1H3. The first kappa shape index (κ1) is 17.2. The molecule has 0 fully saturated rings. The summed E-state index contributed by atoms with van der Waals surface area (Å²) in [4.78, 5) is 20.7. The summed E-state index contributed by atoms with van der Waals surface area (Å²) in [6.07, 6.45) is 4.49. The zero-order chi connectivity index (χ0) is 19.1. The van der Waals surface area contributed by atoms with Gasteiger partial charge in [0.05, 0.1) is 12.1 Å². The van der Waals surface area contributed by atoms with Crippen LogP contribution in [0.1, 0.15) is 23.2 Å². The summed E-state index contributed by atoms with van der Waals surface area (Å²) >= 11 is 1.59. The molecule has 1 amide bonds. The Kier molecular flexibility index (Phi) is 4.24. The Morgan fingerprint density at radius 3 is 2.89 bits per heavy atom. The van der Waals surface area contributed by atoms with E-state index in [0.29, 0.717) is 6.42 Å². The highest BCUT2D eigenvalue weighted by molar-refractivity contribution is 7.15. The van der Waals surface area contributed by atoms with Crippen molar-refractivity contribution >= 4 is 27.9 Å². The molecule has 0 unspecified atom stereocenters. The highest BCUT2D eigenvalue weighted by Crippen LogP contribution is 2.29. The van der Waals surface area contributed by atoms with E-state index in [9.17, 15) is 4.79 Å². The van der Waals surface area contributed by atoms with Gasteiger partial charge in [-0.15, -0.1) is 11.3 Å². The minimum atomic E-state index is 0.152. The van der Waals surface area contributed by atoms with Crippen molar-refractivity contribution in [3.05, 3.63) is 76.9 Å². The van der Waals surface area contributed by atoms with E-state index in [1.165, 1.54) is 11.1 Å². The van der Waals surface area contributed by atoms with Crippen molar-refractivity contribution in [1.82, 2.24) is 9.38 Å². The molecule has 3 heterocycles. The fraction of sp³-hybridized carbons (Fsp3) is 0.217. The summed E-state index contributed by atoms with van der Waals surface area (Å²) in [5.74, 6) is 0.152. The van der Waals surface area contributed by atoms with Gasteiger partial charge < -0.3 is 4.90 Å². The van der Waals surface area contributed by atoms with Crippen molar-refractivity contribution < 1.29 is 4.79 Å². The number of amides is 1. The molecule has 5 heteroatoms. The van der Waals surface area contributed by atoms with E-state index < -0.39 is 0 Å². The molecule has 5 rings (SSSR count). The number of aryl methyl sites for hydroxylation is 2. The van der Waals surface area contributed by atoms with Crippen molar-refractivity contribution in [3.8, 4) is 11.3 Å². The summed E-state index contributed by atoms with van der Waals surface area (Å²) in [7, 11) is 0. The second kappa shape index (κ2) is 6.91. The first-order chi connectivity index (χ1) is 13.7. The molecular formula is C23H21N3OS. The molecule has 0 aliphatic carbocycles. The van der Waals surface area contributed by atoms with Crippen molar-refractivity contribution in [2.45, 2.75) is 26.2 Å². The number of aromatic nitrogens is 2. The van der Waals surface area contributed by atoms with Gasteiger partial charge in [-0.2, -0.15) is 0 Å². The minimum Gasteiger partial charge on any atom is -0.312 e. The molecule has 0 spiro atoms. The molecule has 4 nitrogen and oxygen atoms in total. The third kappa shape index (κ3) is 3.02. The first-order valence-electron chi connectivity index (χ1n) is 9.60. The zero-order valence-electron chi connectivity index (χ0n) is 15.8. The maximum absolute atomic E-state index is 13.1. The smallest absolute Gasteiger partial charge is 0.232 e. The number of carbonyl (C=O) groups excluding carboxylic acids is 1. The normalized spacial score (nSPS) is 13.7. The first-order valence-corrected chi connectivity index (χ1v) is 10.5. The van der Waals surface area contributed by atoms with Gasteiger partial charge in [-0.3, -0.25) is 9.20 Å². The third-order valence-corrected chi connectivity index (χ3v) is 6.23. The van der Waals surface area contributed by atoms with Crippen LogP contribution in [-0.2, 0) is 17.6 Å². The van der Waals surface area contributed by atoms with Crippen molar-refractivity contribution in [2.24, 2.45) is 0 Å². The number of hydrogen-bond acceptors (Lipinski definition) is 3. The molecule has 2 aromatic carbocycles. The molecule has 0 bridgehead atoms. The van der Waals surface area contributed by atoms with Crippen LogP contribution in [0.4, 0.5) is 5.69 Å². The summed E-state index contributed by atoms with van der Waals surface area (Å²) in [5, 5.41) is 2.05. The zero-order valence-corrected chi connectivity index (χ0v) is 16.6. The maximum Gasteiger partial charge on any atom is 0.232 e. The summed E-state index contributed by atoms with van der Waals surface area (Å²) in [5.41, 5.74) is 6.64. The van der Waals surface area contributed by atoms with E-state index in [-0.39, 0.29) is 5.91 Å². The van der Waals surface area contributed by atoms with E-state index in [0.717, 1.165) is 47.0 Å². The quantitative estimate of drug-likeness (QED) is 0.502. The van der Waals surface area contributed by atoms with Gasteiger partial charge in [-0.1, -0.05) is 48.0 Å². The number of rotatable bonds is 3. The van der Waals surface area contributed by atoms with Gasteiger partial charge in [0.25, 0.3) is 0 Å². The summed E-state index contributed by atoms with van der Waals surface area (Å²) in [6.45, 7) is 2.90. The maximum atomic E-state index is 13.1. The fourth-order valence-electron chi connectivity index (χ4n) is 3.94. The van der Waals surface area contributed by atoms with E-state index in [4.69, 9.17) is 4.98 Å². The van der Waals surface area contributed by atoms with Crippen LogP contribution in [0.5, 0.6) is 0 Å². The topological polar surface area (TPSA) is 37.6 Å². The van der Waals surface area contributed by atoms with Gasteiger partial charge in [0, 0.05) is 35.1 Å². The van der Waals surface area contributed by atoms with Gasteiger partial charge in [-0.05, 0) is 31.4 Å². The molecular weight excluding hydrogens is 366 g/mol. The average molecular weight is 388 g/mol. The third-order valence-electron chi connectivity index (χ3n) is 5.34. The van der Waals surface area contributed by atoms with Crippen LogP contribution in [0.15, 0.2) is 60.1 Å². The molecule has 4 aromatic rings. The van der Waals surface area contributed by atoms with Crippen LogP contribution in [0, 0.1) is 6.92 Å². The number of fused-ring (bicyclic) bond motifs is 2. The van der Waals surface area contributed by atoms with Gasteiger partial charge >= 0.3 is 0 Å². The van der Waals surface area contributed by atoms with Crippen LogP contribution in [-0.4, -0.2) is 21.8 Å². The summed E-state index contributed by atoms with van der Waals surface area (Å²) < 4.78 is 2.06. The van der Waals surface area contributed by atoms with Crippen LogP contribution in [0.3, 0.4) is 0 Å². The van der Waals surface area contributed by atoms with Gasteiger partial charge in [0.15, 0.2) is 4.96 Å². The second-order valence-electron chi connectivity index (χ2n) is 7.33. The minimum absolute atomic E-state index is 0.152. The number of hydrogen-bond donors (Lipinski definition) is 0. The predicted molar refractivity (Wildman–Crippen MR) is 114 cm³/mol. The van der Waals surface area contributed by atoms with Crippen LogP contribution < -0.4 is 4.90 Å². The lowest BCUT2D eigenvalue weighted by molar-refractivity contribution is -0.118. The molecule has 0 radical (unpaired) electrons. The van der Waals surface area contributed by atoms with Crippen molar-refractivity contribution in [3.63, 3.8) is 0 Å². The van der Waals surface area contributed by atoms with E-state index in [1.54, 1.807) is 11.3 Å². The lowest BCUT2D eigenvalue weighted by Crippen LogP contribution is -2.36. The Balaban J connectivity index is 1.43. The largest absolute Gasteiger partial charge is 0.312 e. The molecule has 0 N–H and O–H groups in total. The van der Waals surface area contributed by atoms with Crippen molar-refractivity contribution in [2.75, 3.05) is 11.4 Å². The fourth-order valence-corrected chi connectivity index (χ4v) is 4.81. The molecule has 2 aromatic heterocycles. The molecule has 0 saturated carbocycles. The van der Waals surface area contributed by atoms with Gasteiger partial charge in [0.1, 0.15) is 0 Å². The van der Waals surface area contributed by atoms with E-state index in [1.807, 2.05) is 29.3 Å². The molecule has 0 atom stereocenters. The highest BCUT2D eigenvalue weighted by atomic mass is 32.1. The number of carbonyl (C=O) groups is 1. The van der Waals surface area contributed by atoms with Gasteiger partial charge in [-0.25, -0.2) is 4.98 Å². The SMILES string of the molecule is Cc1ccc2c(c1)CCCN2C(=O)Cc1csc2nc(-c3ccccc3)cn12. The van der Waals surface area contributed by atoms with Crippen LogP contribution >= 0.6 is 11.3 Å². The Bertz CT molecular complexity index is 1160. The molecule has 0 saturated heterocycles. The Morgan fingerprint density at radius 2 is 2.04 bits per heavy atom. The predicted octanol–water partition coefficient (Wildman–Crippen LogP) is 4.89. The number of imidazole rings is 1. The van der Waals surface area contributed by atoms with E-state index >= 15 is 0 Å². The molecule has 28 heavy (non-hydrogen) atoms. The van der Waals surface area contributed by atoms with Crippen LogP contribution in [0.25, 0.3) is 16.2 Å². The lowest BCUT2D eigenvalue weighted by Gasteiger charge is -2.29. The average Bonchev–Trinajstić information content (AvgIpc) is 3.30. The number of nitrogens with zero attached hydrogens (tertiary/aromatic N) is 3.